The van der Waals surface area contributed by atoms with Gasteiger partial charge in [-0.1, -0.05) is 53.6 Å². The van der Waals surface area contributed by atoms with Crippen LogP contribution in [0.25, 0.3) is 0 Å². The zero-order chi connectivity index (χ0) is 17.2. The summed E-state index contributed by atoms with van der Waals surface area (Å²) in [6.07, 6.45) is 3.66. The molecule has 25 heavy (non-hydrogen) atoms. The summed E-state index contributed by atoms with van der Waals surface area (Å²) in [5.41, 5.74) is 2.93. The predicted molar refractivity (Wildman–Crippen MR) is 101 cm³/mol. The molecule has 3 fully saturated rings. The fourth-order valence-electron chi connectivity index (χ4n) is 5.77. The van der Waals surface area contributed by atoms with Gasteiger partial charge < -0.3 is 5.11 Å². The summed E-state index contributed by atoms with van der Waals surface area (Å²) in [6.45, 7) is 2.90. The average molecular weight is 354 g/mol. The van der Waals surface area contributed by atoms with Crippen LogP contribution in [-0.4, -0.2) is 28.6 Å². The highest BCUT2D eigenvalue weighted by Crippen LogP contribution is 2.58. The Labute approximate surface area is 154 Å². The first kappa shape index (κ1) is 15.9. The van der Waals surface area contributed by atoms with Gasteiger partial charge in [-0.25, -0.2) is 0 Å². The van der Waals surface area contributed by atoms with Crippen molar-refractivity contribution in [2.45, 2.75) is 49.8 Å². The Morgan fingerprint density at radius 1 is 1.04 bits per heavy atom. The maximum Gasteiger partial charge on any atom is 0.107 e. The zero-order valence-electron chi connectivity index (χ0n) is 14.5. The molecule has 0 aromatic heterocycles. The van der Waals surface area contributed by atoms with Gasteiger partial charge in [-0.15, -0.1) is 0 Å². The molecule has 0 aliphatic carbocycles. The van der Waals surface area contributed by atoms with Gasteiger partial charge in [0.2, 0.25) is 0 Å². The lowest BCUT2D eigenvalue weighted by molar-refractivity contribution is -0.00438. The van der Waals surface area contributed by atoms with Crippen LogP contribution in [0.5, 0.6) is 0 Å². The van der Waals surface area contributed by atoms with E-state index in [1.807, 2.05) is 24.3 Å². The molecule has 1 N–H and O–H groups in total. The van der Waals surface area contributed by atoms with Gasteiger partial charge in [-0.2, -0.15) is 0 Å². The average Bonchev–Trinajstić information content (AvgIpc) is 2.98. The van der Waals surface area contributed by atoms with Gasteiger partial charge in [0.25, 0.3) is 0 Å². The van der Waals surface area contributed by atoms with E-state index >= 15 is 0 Å². The molecule has 3 aliphatic rings. The molecule has 0 radical (unpaired) electrons. The molecule has 3 unspecified atom stereocenters. The minimum atomic E-state index is -0.778. The van der Waals surface area contributed by atoms with E-state index in [-0.39, 0.29) is 5.92 Å². The van der Waals surface area contributed by atoms with E-state index in [1.54, 1.807) is 0 Å². The van der Waals surface area contributed by atoms with Gasteiger partial charge in [-0.05, 0) is 55.4 Å². The van der Waals surface area contributed by atoms with Crippen molar-refractivity contribution in [3.8, 4) is 0 Å². The molecule has 4 bridgehead atoms. The normalized spacial score (nSPS) is 38.9. The number of halogens is 1. The lowest BCUT2D eigenvalue weighted by atomic mass is 9.69. The first-order valence-corrected chi connectivity index (χ1v) is 9.75. The summed E-state index contributed by atoms with van der Waals surface area (Å²) >= 11 is 6.09. The molecule has 6 atom stereocenters. The van der Waals surface area contributed by atoms with Crippen LogP contribution in [0.1, 0.15) is 41.9 Å². The molecule has 2 aromatic rings. The van der Waals surface area contributed by atoms with E-state index in [1.165, 1.54) is 30.4 Å². The number of hydrogen-bond donors (Lipinski definition) is 1. The summed E-state index contributed by atoms with van der Waals surface area (Å²) in [5.74, 6) is 0.688. The van der Waals surface area contributed by atoms with Crippen LogP contribution in [0, 0.1) is 12.8 Å². The Kier molecular flexibility index (Phi) is 3.54. The SMILES string of the molecule is Cc1ccc([C@H]2C[C@H]3CCC4C2[C@@](O)(c2ccc(Cl)cc2)CN43)cc1. The maximum absolute atomic E-state index is 11.8. The lowest BCUT2D eigenvalue weighted by Gasteiger charge is -2.40. The number of nitrogens with zero attached hydrogens (tertiary/aromatic N) is 1. The predicted octanol–water partition coefficient (Wildman–Crippen LogP) is 4.49. The summed E-state index contributed by atoms with van der Waals surface area (Å²) in [4.78, 5) is 2.59. The fraction of sp³-hybridized carbons (Fsp3) is 0.455. The molecule has 5 rings (SSSR count). The highest BCUT2D eigenvalue weighted by Gasteiger charge is 2.62. The summed E-state index contributed by atoms with van der Waals surface area (Å²) in [6, 6.07) is 17.9. The summed E-state index contributed by atoms with van der Waals surface area (Å²) in [7, 11) is 0. The summed E-state index contributed by atoms with van der Waals surface area (Å²) < 4.78 is 0. The number of piperidine rings is 1. The topological polar surface area (TPSA) is 23.5 Å². The molecular weight excluding hydrogens is 330 g/mol. The van der Waals surface area contributed by atoms with Crippen molar-refractivity contribution in [2.24, 2.45) is 5.92 Å². The highest BCUT2D eigenvalue weighted by molar-refractivity contribution is 6.30. The third-order valence-electron chi connectivity index (χ3n) is 6.89. The Morgan fingerprint density at radius 3 is 2.48 bits per heavy atom. The van der Waals surface area contributed by atoms with E-state index in [9.17, 15) is 5.11 Å². The minimum absolute atomic E-state index is 0.259. The third kappa shape index (κ3) is 2.31. The lowest BCUT2D eigenvalue weighted by Crippen LogP contribution is -2.42. The first-order chi connectivity index (χ1) is 12.1. The molecule has 3 aliphatic heterocycles. The Bertz CT molecular complexity index is 787. The van der Waals surface area contributed by atoms with Crippen molar-refractivity contribution < 1.29 is 5.11 Å². The second-order valence-corrected chi connectivity index (χ2v) is 8.62. The molecule has 3 heterocycles. The van der Waals surface area contributed by atoms with Crippen LogP contribution < -0.4 is 0 Å². The quantitative estimate of drug-likeness (QED) is 0.860. The first-order valence-electron chi connectivity index (χ1n) is 9.37. The zero-order valence-corrected chi connectivity index (χ0v) is 15.3. The van der Waals surface area contributed by atoms with E-state index in [0.29, 0.717) is 18.0 Å². The van der Waals surface area contributed by atoms with Gasteiger partial charge in [0, 0.05) is 29.6 Å². The van der Waals surface area contributed by atoms with Gasteiger partial charge >= 0.3 is 0 Å². The summed E-state index contributed by atoms with van der Waals surface area (Å²) in [5, 5.41) is 12.6. The smallest absolute Gasteiger partial charge is 0.107 e. The number of aryl methyl sites for hydroxylation is 1. The number of rotatable bonds is 2. The van der Waals surface area contributed by atoms with Crippen molar-refractivity contribution in [3.63, 3.8) is 0 Å². The molecule has 0 saturated carbocycles. The van der Waals surface area contributed by atoms with Crippen LogP contribution in [0.4, 0.5) is 0 Å². The number of benzene rings is 2. The molecule has 130 valence electrons. The van der Waals surface area contributed by atoms with Gasteiger partial charge in [0.05, 0.1) is 0 Å². The molecule has 3 heteroatoms. The Morgan fingerprint density at radius 2 is 1.76 bits per heavy atom. The van der Waals surface area contributed by atoms with Crippen LogP contribution in [-0.2, 0) is 5.60 Å². The van der Waals surface area contributed by atoms with Crippen LogP contribution >= 0.6 is 11.6 Å². The van der Waals surface area contributed by atoms with Crippen LogP contribution in [0.15, 0.2) is 48.5 Å². The fourth-order valence-corrected chi connectivity index (χ4v) is 5.90. The monoisotopic (exact) mass is 353 g/mol. The molecule has 2 aromatic carbocycles. The minimum Gasteiger partial charge on any atom is -0.383 e. The standard InChI is InChI=1S/C22H24ClNO/c1-14-2-4-15(5-3-14)19-12-18-10-11-20-21(19)22(25,13-24(18)20)16-6-8-17(23)9-7-16/h2-9,18-21,25H,10-13H2,1H3/t18-,19-,20?,21?,22+/m1/s1. The van der Waals surface area contributed by atoms with E-state index < -0.39 is 5.60 Å². The number of hydrogen-bond acceptors (Lipinski definition) is 2. The van der Waals surface area contributed by atoms with E-state index in [2.05, 4.69) is 36.1 Å². The second-order valence-electron chi connectivity index (χ2n) is 8.18. The number of aliphatic hydroxyl groups is 1. The largest absolute Gasteiger partial charge is 0.383 e. The highest BCUT2D eigenvalue weighted by atomic mass is 35.5. The van der Waals surface area contributed by atoms with Gasteiger partial charge in [-0.3, -0.25) is 4.90 Å². The molecule has 0 amide bonds. The van der Waals surface area contributed by atoms with Crippen molar-refractivity contribution in [1.29, 1.82) is 0 Å². The molecule has 0 spiro atoms. The van der Waals surface area contributed by atoms with Gasteiger partial charge in [0.15, 0.2) is 0 Å². The van der Waals surface area contributed by atoms with Crippen molar-refractivity contribution in [2.75, 3.05) is 6.54 Å². The van der Waals surface area contributed by atoms with Gasteiger partial charge in [0.1, 0.15) is 5.60 Å². The third-order valence-corrected chi connectivity index (χ3v) is 7.14. The van der Waals surface area contributed by atoms with Crippen LogP contribution in [0.3, 0.4) is 0 Å². The molecule has 3 saturated heterocycles. The Hall–Kier alpha value is -1.35. The molecule has 2 nitrogen and oxygen atoms in total. The molecular formula is C22H24ClNO. The van der Waals surface area contributed by atoms with E-state index in [0.717, 1.165) is 17.1 Å². The van der Waals surface area contributed by atoms with E-state index in [4.69, 9.17) is 11.6 Å². The van der Waals surface area contributed by atoms with Crippen molar-refractivity contribution in [3.05, 3.63) is 70.2 Å². The second kappa shape index (κ2) is 5.57. The Balaban J connectivity index is 1.60. The van der Waals surface area contributed by atoms with Crippen molar-refractivity contribution >= 4 is 11.6 Å². The maximum atomic E-state index is 11.8. The van der Waals surface area contributed by atoms with Crippen molar-refractivity contribution in [1.82, 2.24) is 4.90 Å². The van der Waals surface area contributed by atoms with Crippen LogP contribution in [0.2, 0.25) is 5.02 Å².